The molecule has 102 valence electrons. The van der Waals surface area contributed by atoms with Gasteiger partial charge in [0.25, 0.3) is 5.91 Å². The fourth-order valence-electron chi connectivity index (χ4n) is 2.01. The van der Waals surface area contributed by atoms with Gasteiger partial charge in [-0.15, -0.1) is 0 Å². The van der Waals surface area contributed by atoms with Crippen LogP contribution in [0.2, 0.25) is 0 Å². The summed E-state index contributed by atoms with van der Waals surface area (Å²) >= 11 is 0. The SMILES string of the molecule is COC1(CNC(=O)c2ccc(C(=O)O)cn2)CCC1. The number of nitrogens with zero attached hydrogens (tertiary/aromatic N) is 1. The highest BCUT2D eigenvalue weighted by Gasteiger charge is 2.37. The van der Waals surface area contributed by atoms with Crippen LogP contribution < -0.4 is 5.32 Å². The summed E-state index contributed by atoms with van der Waals surface area (Å²) in [6.07, 6.45) is 4.16. The molecule has 0 unspecified atom stereocenters. The lowest BCUT2D eigenvalue weighted by atomic mass is 9.80. The number of hydrogen-bond donors (Lipinski definition) is 2. The molecule has 0 spiro atoms. The van der Waals surface area contributed by atoms with E-state index >= 15 is 0 Å². The zero-order valence-corrected chi connectivity index (χ0v) is 10.7. The van der Waals surface area contributed by atoms with Crippen molar-refractivity contribution in [3.63, 3.8) is 0 Å². The topological polar surface area (TPSA) is 88.5 Å². The molecule has 2 N–H and O–H groups in total. The zero-order valence-electron chi connectivity index (χ0n) is 10.7. The van der Waals surface area contributed by atoms with E-state index in [0.717, 1.165) is 19.3 Å². The lowest BCUT2D eigenvalue weighted by Crippen LogP contribution is -2.49. The molecular weight excluding hydrogens is 248 g/mol. The lowest BCUT2D eigenvalue weighted by Gasteiger charge is -2.40. The molecule has 1 aromatic heterocycles. The van der Waals surface area contributed by atoms with E-state index in [1.807, 2.05) is 0 Å². The molecule has 0 saturated heterocycles. The van der Waals surface area contributed by atoms with Crippen LogP contribution in [0, 0.1) is 0 Å². The third-order valence-electron chi connectivity index (χ3n) is 3.51. The van der Waals surface area contributed by atoms with Crippen LogP contribution in [0.3, 0.4) is 0 Å². The van der Waals surface area contributed by atoms with Gasteiger partial charge in [-0.25, -0.2) is 4.79 Å². The molecule has 1 saturated carbocycles. The molecule has 1 fully saturated rings. The van der Waals surface area contributed by atoms with Gasteiger partial charge in [-0.3, -0.25) is 9.78 Å². The summed E-state index contributed by atoms with van der Waals surface area (Å²) in [4.78, 5) is 26.4. The Labute approximate surface area is 110 Å². The number of methoxy groups -OCH3 is 1. The molecule has 1 aliphatic rings. The average molecular weight is 264 g/mol. The molecule has 0 aliphatic heterocycles. The van der Waals surface area contributed by atoms with Crippen LogP contribution >= 0.6 is 0 Å². The molecule has 6 heteroatoms. The molecule has 6 nitrogen and oxygen atoms in total. The van der Waals surface area contributed by atoms with Gasteiger partial charge in [-0.1, -0.05) is 0 Å². The summed E-state index contributed by atoms with van der Waals surface area (Å²) < 4.78 is 5.40. The second kappa shape index (κ2) is 5.36. The number of pyridine rings is 1. The van der Waals surface area contributed by atoms with E-state index in [1.54, 1.807) is 7.11 Å². The van der Waals surface area contributed by atoms with E-state index in [1.165, 1.54) is 18.3 Å². The predicted molar refractivity (Wildman–Crippen MR) is 67.1 cm³/mol. The van der Waals surface area contributed by atoms with Gasteiger partial charge in [0.15, 0.2) is 0 Å². The van der Waals surface area contributed by atoms with Crippen molar-refractivity contribution in [3.8, 4) is 0 Å². The summed E-state index contributed by atoms with van der Waals surface area (Å²) in [6, 6.07) is 2.76. The second-order valence-corrected chi connectivity index (χ2v) is 4.66. The Bertz CT molecular complexity index is 474. The Balaban J connectivity index is 1.94. The number of aromatic nitrogens is 1. The van der Waals surface area contributed by atoms with Crippen molar-refractivity contribution in [1.82, 2.24) is 10.3 Å². The Morgan fingerprint density at radius 2 is 2.21 bits per heavy atom. The third kappa shape index (κ3) is 2.90. The smallest absolute Gasteiger partial charge is 0.337 e. The molecule has 0 aromatic carbocycles. The number of carboxylic acid groups (broad SMARTS) is 1. The highest BCUT2D eigenvalue weighted by Crippen LogP contribution is 2.34. The maximum absolute atomic E-state index is 11.9. The van der Waals surface area contributed by atoms with E-state index in [4.69, 9.17) is 9.84 Å². The summed E-state index contributed by atoms with van der Waals surface area (Å²) in [5, 5.41) is 11.5. The standard InChI is InChI=1S/C13H16N2O4/c1-19-13(5-2-6-13)8-15-11(16)10-4-3-9(7-14-10)12(17)18/h3-4,7H,2,5-6,8H2,1H3,(H,15,16)(H,17,18). The minimum absolute atomic E-state index is 0.0592. The maximum atomic E-state index is 11.9. The maximum Gasteiger partial charge on any atom is 0.337 e. The first-order chi connectivity index (χ1) is 9.06. The Kier molecular flexibility index (Phi) is 3.80. The molecule has 0 bridgehead atoms. The number of nitrogens with one attached hydrogen (secondary N) is 1. The van der Waals surface area contributed by atoms with Gasteiger partial charge in [0.05, 0.1) is 11.2 Å². The van der Waals surface area contributed by atoms with Crippen molar-refractivity contribution in [1.29, 1.82) is 0 Å². The van der Waals surface area contributed by atoms with Gasteiger partial charge >= 0.3 is 5.97 Å². The minimum atomic E-state index is -1.06. The fourth-order valence-corrected chi connectivity index (χ4v) is 2.01. The van der Waals surface area contributed by atoms with Crippen molar-refractivity contribution in [2.45, 2.75) is 24.9 Å². The molecule has 0 radical (unpaired) electrons. The highest BCUT2D eigenvalue weighted by atomic mass is 16.5. The van der Waals surface area contributed by atoms with Crippen molar-refractivity contribution in [2.24, 2.45) is 0 Å². The van der Waals surface area contributed by atoms with Crippen LogP contribution in [-0.2, 0) is 4.74 Å². The van der Waals surface area contributed by atoms with E-state index in [-0.39, 0.29) is 22.8 Å². The summed E-state index contributed by atoms with van der Waals surface area (Å²) in [5.41, 5.74) is 0.0240. The predicted octanol–water partition coefficient (Wildman–Crippen LogP) is 1.08. The molecule has 1 aliphatic carbocycles. The van der Waals surface area contributed by atoms with Gasteiger partial charge < -0.3 is 15.2 Å². The van der Waals surface area contributed by atoms with Crippen LogP contribution in [-0.4, -0.2) is 41.2 Å². The van der Waals surface area contributed by atoms with Crippen LogP contribution in [0.4, 0.5) is 0 Å². The third-order valence-corrected chi connectivity index (χ3v) is 3.51. The summed E-state index contributed by atoms with van der Waals surface area (Å²) in [7, 11) is 1.64. The van der Waals surface area contributed by atoms with E-state index in [2.05, 4.69) is 10.3 Å². The largest absolute Gasteiger partial charge is 0.478 e. The van der Waals surface area contributed by atoms with Crippen molar-refractivity contribution in [2.75, 3.05) is 13.7 Å². The van der Waals surface area contributed by atoms with Crippen LogP contribution in [0.25, 0.3) is 0 Å². The summed E-state index contributed by atoms with van der Waals surface area (Å²) in [5.74, 6) is -1.38. The molecule has 2 rings (SSSR count). The van der Waals surface area contributed by atoms with Crippen LogP contribution in [0.1, 0.15) is 40.1 Å². The van der Waals surface area contributed by atoms with Gasteiger partial charge in [0, 0.05) is 19.9 Å². The first-order valence-corrected chi connectivity index (χ1v) is 6.09. The number of rotatable bonds is 5. The number of carbonyl (C=O) groups is 2. The Hall–Kier alpha value is -1.95. The number of carboxylic acids is 1. The minimum Gasteiger partial charge on any atom is -0.478 e. The fraction of sp³-hybridized carbons (Fsp3) is 0.462. The highest BCUT2D eigenvalue weighted by molar-refractivity contribution is 5.93. The normalized spacial score (nSPS) is 16.5. The molecule has 0 atom stereocenters. The lowest BCUT2D eigenvalue weighted by molar-refractivity contribution is -0.0679. The van der Waals surface area contributed by atoms with Gasteiger partial charge in [0.2, 0.25) is 0 Å². The first-order valence-electron chi connectivity index (χ1n) is 6.09. The van der Waals surface area contributed by atoms with Crippen molar-refractivity contribution in [3.05, 3.63) is 29.6 Å². The number of hydrogen-bond acceptors (Lipinski definition) is 4. The second-order valence-electron chi connectivity index (χ2n) is 4.66. The molecular formula is C13H16N2O4. The Morgan fingerprint density at radius 1 is 1.47 bits per heavy atom. The molecule has 1 heterocycles. The Morgan fingerprint density at radius 3 is 2.63 bits per heavy atom. The van der Waals surface area contributed by atoms with Gasteiger partial charge in [-0.05, 0) is 31.4 Å². The quantitative estimate of drug-likeness (QED) is 0.830. The van der Waals surface area contributed by atoms with Crippen LogP contribution in [0.15, 0.2) is 18.3 Å². The van der Waals surface area contributed by atoms with Crippen LogP contribution in [0.5, 0.6) is 0 Å². The molecule has 1 amide bonds. The number of aromatic carboxylic acids is 1. The zero-order chi connectivity index (χ0) is 13.9. The summed E-state index contributed by atoms with van der Waals surface area (Å²) in [6.45, 7) is 0.449. The molecule has 1 aromatic rings. The van der Waals surface area contributed by atoms with Crippen molar-refractivity contribution < 1.29 is 19.4 Å². The first kappa shape index (κ1) is 13.5. The van der Waals surface area contributed by atoms with E-state index in [0.29, 0.717) is 6.54 Å². The monoisotopic (exact) mass is 264 g/mol. The number of ether oxygens (including phenoxy) is 1. The average Bonchev–Trinajstić information content (AvgIpc) is 2.38. The van der Waals surface area contributed by atoms with Gasteiger partial charge in [-0.2, -0.15) is 0 Å². The number of carbonyl (C=O) groups excluding carboxylic acids is 1. The number of amides is 1. The van der Waals surface area contributed by atoms with E-state index < -0.39 is 5.97 Å². The van der Waals surface area contributed by atoms with E-state index in [9.17, 15) is 9.59 Å². The molecule has 19 heavy (non-hydrogen) atoms. The van der Waals surface area contributed by atoms with Crippen molar-refractivity contribution >= 4 is 11.9 Å². The van der Waals surface area contributed by atoms with Gasteiger partial charge in [0.1, 0.15) is 5.69 Å².